The summed E-state index contributed by atoms with van der Waals surface area (Å²) < 4.78 is 1.65. The number of benzene rings is 1. The summed E-state index contributed by atoms with van der Waals surface area (Å²) >= 11 is 0. The largest absolute Gasteiger partial charge is 0.341 e. The number of carbonyl (C=O) groups is 2. The van der Waals surface area contributed by atoms with Crippen molar-refractivity contribution < 1.29 is 9.59 Å². The number of nitrogens with one attached hydrogen (secondary N) is 1. The average molecular weight is 284 g/mol. The van der Waals surface area contributed by atoms with Crippen LogP contribution in [0.4, 0.5) is 0 Å². The van der Waals surface area contributed by atoms with Gasteiger partial charge in [-0.2, -0.15) is 5.10 Å². The predicted octanol–water partition coefficient (Wildman–Crippen LogP) is 0.410. The molecule has 108 valence electrons. The normalized spacial score (nSPS) is 18.7. The minimum absolute atomic E-state index is 0.0750. The third-order valence-electron chi connectivity index (χ3n) is 3.42. The lowest BCUT2D eigenvalue weighted by Gasteiger charge is -2.32. The quantitative estimate of drug-likeness (QED) is 0.884. The topological polar surface area (TPSA) is 67.2 Å². The van der Waals surface area contributed by atoms with E-state index in [0.717, 1.165) is 5.56 Å². The van der Waals surface area contributed by atoms with E-state index in [2.05, 4.69) is 10.4 Å². The molecule has 2 amide bonds. The van der Waals surface area contributed by atoms with Crippen LogP contribution in [0.2, 0.25) is 0 Å². The molecule has 1 N–H and O–H groups in total. The number of hydrogen-bond donors (Lipinski definition) is 1. The average Bonchev–Trinajstić information content (AvgIpc) is 2.98. The fraction of sp³-hybridized carbons (Fsp3) is 0.267. The molecule has 1 aliphatic heterocycles. The molecule has 0 bridgehead atoms. The highest BCUT2D eigenvalue weighted by atomic mass is 16.2. The van der Waals surface area contributed by atoms with Crippen molar-refractivity contribution in [1.29, 1.82) is 0 Å². The fourth-order valence-corrected chi connectivity index (χ4v) is 2.43. The van der Waals surface area contributed by atoms with Gasteiger partial charge in [0, 0.05) is 18.9 Å². The van der Waals surface area contributed by atoms with Crippen LogP contribution < -0.4 is 5.32 Å². The van der Waals surface area contributed by atoms with Crippen LogP contribution in [0.25, 0.3) is 0 Å². The molecule has 2 heterocycles. The summed E-state index contributed by atoms with van der Waals surface area (Å²) in [6.07, 6.45) is 3.42. The van der Waals surface area contributed by atoms with E-state index in [4.69, 9.17) is 0 Å². The first kappa shape index (κ1) is 13.4. The van der Waals surface area contributed by atoms with Gasteiger partial charge in [0.2, 0.25) is 11.8 Å². The van der Waals surface area contributed by atoms with Crippen molar-refractivity contribution in [2.45, 2.75) is 19.1 Å². The Morgan fingerprint density at radius 2 is 2.00 bits per heavy atom. The molecule has 0 saturated carbocycles. The Kier molecular flexibility index (Phi) is 3.68. The molecular formula is C15H16N4O2. The first-order valence-electron chi connectivity index (χ1n) is 6.82. The number of aromatic nitrogens is 2. The standard InChI is InChI=1S/C15H16N4O2/c20-14-11-18(9-12-5-2-1-3-6-12)15(21)13(17-14)10-19-8-4-7-16-19/h1-8,13H,9-11H2,(H,17,20)/t13-/m0/s1. The second kappa shape index (κ2) is 5.78. The number of piperazine rings is 1. The van der Waals surface area contributed by atoms with Crippen molar-refractivity contribution in [3.63, 3.8) is 0 Å². The van der Waals surface area contributed by atoms with E-state index in [1.807, 2.05) is 30.3 Å². The Balaban J connectivity index is 1.72. The Labute approximate surface area is 122 Å². The smallest absolute Gasteiger partial charge is 0.247 e. The van der Waals surface area contributed by atoms with Crippen molar-refractivity contribution >= 4 is 11.8 Å². The molecule has 1 aliphatic rings. The number of amides is 2. The highest BCUT2D eigenvalue weighted by Gasteiger charge is 2.32. The third kappa shape index (κ3) is 3.10. The minimum atomic E-state index is -0.560. The fourth-order valence-electron chi connectivity index (χ4n) is 2.43. The Hall–Kier alpha value is -2.63. The molecular weight excluding hydrogens is 268 g/mol. The van der Waals surface area contributed by atoms with Gasteiger partial charge in [-0.3, -0.25) is 14.3 Å². The molecule has 2 aromatic rings. The molecule has 0 unspecified atom stereocenters. The molecule has 0 aliphatic carbocycles. The maximum absolute atomic E-state index is 12.5. The van der Waals surface area contributed by atoms with Crippen molar-refractivity contribution in [3.05, 3.63) is 54.4 Å². The van der Waals surface area contributed by atoms with Gasteiger partial charge in [0.05, 0.1) is 13.1 Å². The summed E-state index contributed by atoms with van der Waals surface area (Å²) in [6, 6.07) is 10.9. The van der Waals surface area contributed by atoms with E-state index in [-0.39, 0.29) is 18.4 Å². The molecule has 1 aromatic heterocycles. The van der Waals surface area contributed by atoms with Crippen molar-refractivity contribution in [2.75, 3.05) is 6.54 Å². The van der Waals surface area contributed by atoms with Crippen LogP contribution in [0, 0.1) is 0 Å². The Morgan fingerprint density at radius 3 is 2.71 bits per heavy atom. The minimum Gasteiger partial charge on any atom is -0.341 e. The highest BCUT2D eigenvalue weighted by Crippen LogP contribution is 2.10. The number of carbonyl (C=O) groups excluding carboxylic acids is 2. The molecule has 6 nitrogen and oxygen atoms in total. The van der Waals surface area contributed by atoms with Gasteiger partial charge >= 0.3 is 0 Å². The maximum Gasteiger partial charge on any atom is 0.247 e. The second-order valence-corrected chi connectivity index (χ2v) is 5.03. The van der Waals surface area contributed by atoms with Gasteiger partial charge in [-0.05, 0) is 11.6 Å². The predicted molar refractivity (Wildman–Crippen MR) is 76.0 cm³/mol. The van der Waals surface area contributed by atoms with Crippen molar-refractivity contribution in [3.8, 4) is 0 Å². The van der Waals surface area contributed by atoms with Crippen LogP contribution in [-0.2, 0) is 22.7 Å². The van der Waals surface area contributed by atoms with E-state index in [1.165, 1.54) is 0 Å². The lowest BCUT2D eigenvalue weighted by atomic mass is 10.1. The van der Waals surface area contributed by atoms with Crippen molar-refractivity contribution in [2.24, 2.45) is 0 Å². The van der Waals surface area contributed by atoms with Crippen LogP contribution in [0.1, 0.15) is 5.56 Å². The zero-order chi connectivity index (χ0) is 14.7. The summed E-state index contributed by atoms with van der Waals surface area (Å²) in [7, 11) is 0. The first-order chi connectivity index (χ1) is 10.2. The molecule has 1 atom stereocenters. The molecule has 1 saturated heterocycles. The summed E-state index contributed by atoms with van der Waals surface area (Å²) in [6.45, 7) is 0.898. The lowest BCUT2D eigenvalue weighted by Crippen LogP contribution is -2.58. The SMILES string of the molecule is O=C1CN(Cc2ccccc2)C(=O)[C@H](Cn2cccn2)N1. The number of rotatable bonds is 4. The van der Waals surface area contributed by atoms with E-state index >= 15 is 0 Å². The van der Waals surface area contributed by atoms with Crippen molar-refractivity contribution in [1.82, 2.24) is 20.0 Å². The van der Waals surface area contributed by atoms with Gasteiger partial charge in [0.15, 0.2) is 0 Å². The zero-order valence-corrected chi connectivity index (χ0v) is 11.5. The first-order valence-corrected chi connectivity index (χ1v) is 6.82. The molecule has 6 heteroatoms. The van der Waals surface area contributed by atoms with E-state index < -0.39 is 6.04 Å². The maximum atomic E-state index is 12.5. The summed E-state index contributed by atoms with van der Waals surface area (Å²) in [4.78, 5) is 25.9. The number of hydrogen-bond acceptors (Lipinski definition) is 3. The van der Waals surface area contributed by atoms with E-state index in [9.17, 15) is 9.59 Å². The molecule has 0 radical (unpaired) electrons. The van der Waals surface area contributed by atoms with Gasteiger partial charge in [-0.25, -0.2) is 0 Å². The molecule has 1 fully saturated rings. The molecule has 0 spiro atoms. The van der Waals surface area contributed by atoms with Crippen LogP contribution in [-0.4, -0.2) is 39.1 Å². The van der Waals surface area contributed by atoms with Gasteiger partial charge in [0.25, 0.3) is 0 Å². The Morgan fingerprint density at radius 1 is 1.19 bits per heavy atom. The molecule has 1 aromatic carbocycles. The monoisotopic (exact) mass is 284 g/mol. The van der Waals surface area contributed by atoms with Gasteiger partial charge in [-0.15, -0.1) is 0 Å². The molecule has 21 heavy (non-hydrogen) atoms. The van der Waals surface area contributed by atoms with Crippen LogP contribution in [0.5, 0.6) is 0 Å². The summed E-state index contributed by atoms with van der Waals surface area (Å²) in [5.74, 6) is -0.211. The van der Waals surface area contributed by atoms with Gasteiger partial charge in [-0.1, -0.05) is 30.3 Å². The van der Waals surface area contributed by atoms with Crippen LogP contribution in [0.15, 0.2) is 48.8 Å². The second-order valence-electron chi connectivity index (χ2n) is 5.03. The molecule has 3 rings (SSSR count). The van der Waals surface area contributed by atoms with Crippen LogP contribution >= 0.6 is 0 Å². The van der Waals surface area contributed by atoms with E-state index in [1.54, 1.807) is 28.0 Å². The summed E-state index contributed by atoms with van der Waals surface area (Å²) in [5, 5.41) is 6.80. The lowest BCUT2D eigenvalue weighted by molar-refractivity contribution is -0.145. The third-order valence-corrected chi connectivity index (χ3v) is 3.42. The van der Waals surface area contributed by atoms with E-state index in [0.29, 0.717) is 13.1 Å². The van der Waals surface area contributed by atoms with Gasteiger partial charge < -0.3 is 10.2 Å². The zero-order valence-electron chi connectivity index (χ0n) is 11.5. The highest BCUT2D eigenvalue weighted by molar-refractivity contribution is 5.94. The number of nitrogens with zero attached hydrogens (tertiary/aromatic N) is 3. The Bertz CT molecular complexity index is 624. The van der Waals surface area contributed by atoms with Gasteiger partial charge in [0.1, 0.15) is 6.04 Å². The van der Waals surface area contributed by atoms with Crippen LogP contribution in [0.3, 0.4) is 0 Å². The summed E-state index contributed by atoms with van der Waals surface area (Å²) in [5.41, 5.74) is 1.01.